The molecule has 0 saturated carbocycles. The van der Waals surface area contributed by atoms with Gasteiger partial charge < -0.3 is 30.1 Å². The zero-order valence-electron chi connectivity index (χ0n) is 25.7. The van der Waals surface area contributed by atoms with E-state index in [2.05, 4.69) is 10.6 Å². The third-order valence-corrected chi connectivity index (χ3v) is 7.92. The van der Waals surface area contributed by atoms with Crippen LogP contribution in [0.15, 0.2) is 18.2 Å². The quantitative estimate of drug-likeness (QED) is 0.347. The number of hydrogen-bond donors (Lipinski definition) is 3. The lowest BCUT2D eigenvalue weighted by Gasteiger charge is -2.32. The van der Waals surface area contributed by atoms with Crippen LogP contribution >= 0.6 is 23.2 Å². The van der Waals surface area contributed by atoms with Gasteiger partial charge in [0.1, 0.15) is 17.2 Å². The van der Waals surface area contributed by atoms with E-state index in [9.17, 15) is 24.3 Å². The molecule has 0 radical (unpaired) electrons. The molecule has 3 rings (SSSR count). The maximum atomic E-state index is 14.1. The Labute approximate surface area is 263 Å². The topological polar surface area (TPSA) is 138 Å². The lowest BCUT2D eigenvalue weighted by molar-refractivity contribution is -0.156. The van der Waals surface area contributed by atoms with E-state index < -0.39 is 41.3 Å². The number of aliphatic hydroxyl groups excluding tert-OH is 1. The number of alkyl carbamates (subject to hydrolysis) is 1. The highest BCUT2D eigenvalue weighted by molar-refractivity contribution is 6.42. The molecule has 0 aromatic heterocycles. The standard InChI is InChI=1S/C30H44Cl2N4O7/c1-29(2,3)42-25(38)10-9-23(26(39)33-15-18-7-8-21(31)22(32)13-18)35-12-11-20(17-37)36-16-19(14-24(36)27(35)40)34-28(41)43-30(4,5)6/h7-8,13,19-20,23-24,37H,9-12,14-17H2,1-6H3,(H,33,39)(H,34,41)/t19-,20?,23-,24+/m1/s1. The minimum absolute atomic E-state index is 0.0456. The first kappa shape index (κ1) is 34.9. The number of ether oxygens (including phenoxy) is 2. The number of nitrogens with zero attached hydrogens (tertiary/aromatic N) is 2. The molecule has 1 aromatic rings. The van der Waals surface area contributed by atoms with E-state index >= 15 is 0 Å². The molecule has 2 fully saturated rings. The Kier molecular flexibility index (Phi) is 11.7. The molecule has 3 N–H and O–H groups in total. The van der Waals surface area contributed by atoms with E-state index in [1.165, 1.54) is 4.90 Å². The van der Waals surface area contributed by atoms with Crippen LogP contribution < -0.4 is 10.6 Å². The van der Waals surface area contributed by atoms with Crippen molar-refractivity contribution in [3.05, 3.63) is 33.8 Å². The van der Waals surface area contributed by atoms with Gasteiger partial charge in [-0.05, 0) is 78.5 Å². The number of amides is 3. The zero-order chi connectivity index (χ0) is 32.1. The highest BCUT2D eigenvalue weighted by Crippen LogP contribution is 2.29. The molecule has 0 aliphatic carbocycles. The molecule has 1 unspecified atom stereocenters. The van der Waals surface area contributed by atoms with Gasteiger partial charge in [-0.25, -0.2) is 4.79 Å². The summed E-state index contributed by atoms with van der Waals surface area (Å²) in [5, 5.41) is 16.6. The molecule has 11 nitrogen and oxygen atoms in total. The van der Waals surface area contributed by atoms with Crippen molar-refractivity contribution in [3.63, 3.8) is 0 Å². The van der Waals surface area contributed by atoms with E-state index in [1.807, 2.05) is 4.90 Å². The van der Waals surface area contributed by atoms with Gasteiger partial charge in [0.25, 0.3) is 0 Å². The average Bonchev–Trinajstić information content (AvgIpc) is 3.24. The maximum absolute atomic E-state index is 14.1. The van der Waals surface area contributed by atoms with Crippen LogP contribution in [-0.2, 0) is 30.4 Å². The van der Waals surface area contributed by atoms with Gasteiger partial charge in [-0.1, -0.05) is 29.3 Å². The van der Waals surface area contributed by atoms with Crippen LogP contribution in [-0.4, -0.2) is 93.8 Å². The molecule has 0 spiro atoms. The number of carbonyl (C=O) groups is 4. The number of rotatable bonds is 9. The molecule has 43 heavy (non-hydrogen) atoms. The first-order valence-electron chi connectivity index (χ1n) is 14.6. The van der Waals surface area contributed by atoms with E-state index in [0.717, 1.165) is 0 Å². The lowest BCUT2D eigenvalue weighted by Crippen LogP contribution is -2.53. The van der Waals surface area contributed by atoms with Crippen LogP contribution in [0, 0.1) is 0 Å². The third kappa shape index (κ3) is 10.2. The van der Waals surface area contributed by atoms with E-state index in [-0.39, 0.29) is 56.9 Å². The summed E-state index contributed by atoms with van der Waals surface area (Å²) < 4.78 is 10.8. The molecule has 240 valence electrons. The summed E-state index contributed by atoms with van der Waals surface area (Å²) >= 11 is 12.2. The number of halogens is 2. The van der Waals surface area contributed by atoms with Crippen LogP contribution in [0.3, 0.4) is 0 Å². The number of nitrogens with one attached hydrogen (secondary N) is 2. The van der Waals surface area contributed by atoms with Gasteiger partial charge in [0.2, 0.25) is 11.8 Å². The second-order valence-electron chi connectivity index (χ2n) is 13.1. The van der Waals surface area contributed by atoms with E-state index in [0.29, 0.717) is 28.6 Å². The molecule has 2 heterocycles. The van der Waals surface area contributed by atoms with Crippen LogP contribution in [0.5, 0.6) is 0 Å². The molecule has 3 amide bonds. The number of esters is 1. The van der Waals surface area contributed by atoms with Crippen molar-refractivity contribution in [2.45, 2.75) is 109 Å². The predicted octanol–water partition coefficient (Wildman–Crippen LogP) is 3.66. The van der Waals surface area contributed by atoms with Gasteiger partial charge >= 0.3 is 12.1 Å². The van der Waals surface area contributed by atoms with Crippen LogP contribution in [0.2, 0.25) is 10.0 Å². The van der Waals surface area contributed by atoms with Crippen molar-refractivity contribution in [1.29, 1.82) is 0 Å². The number of aliphatic hydroxyl groups is 1. The molecule has 0 bridgehead atoms. The summed E-state index contributed by atoms with van der Waals surface area (Å²) in [6.45, 7) is 11.1. The SMILES string of the molecule is CC(C)(C)OC(=O)CC[C@H](C(=O)NCc1ccc(Cl)c(Cl)c1)N1CCC(CO)N2C[C@H](NC(=O)OC(C)(C)C)C[C@H]2C1=O. The summed E-state index contributed by atoms with van der Waals surface area (Å²) in [7, 11) is 0. The van der Waals surface area contributed by atoms with Crippen molar-refractivity contribution in [2.24, 2.45) is 0 Å². The fraction of sp³-hybridized carbons (Fsp3) is 0.667. The fourth-order valence-electron chi connectivity index (χ4n) is 5.38. The summed E-state index contributed by atoms with van der Waals surface area (Å²) in [5.74, 6) is -1.21. The number of hydrogen-bond acceptors (Lipinski definition) is 8. The maximum Gasteiger partial charge on any atom is 0.407 e. The Morgan fingerprint density at radius 1 is 1.07 bits per heavy atom. The van der Waals surface area contributed by atoms with Crippen molar-refractivity contribution in [1.82, 2.24) is 20.4 Å². The first-order valence-corrected chi connectivity index (χ1v) is 15.3. The Bertz CT molecular complexity index is 1180. The second-order valence-corrected chi connectivity index (χ2v) is 13.9. The highest BCUT2D eigenvalue weighted by atomic mass is 35.5. The highest BCUT2D eigenvalue weighted by Gasteiger charge is 2.47. The van der Waals surface area contributed by atoms with E-state index in [4.69, 9.17) is 32.7 Å². The lowest BCUT2D eigenvalue weighted by atomic mass is 10.0. The van der Waals surface area contributed by atoms with Crippen molar-refractivity contribution in [3.8, 4) is 0 Å². The summed E-state index contributed by atoms with van der Waals surface area (Å²) in [5.41, 5.74) is -0.663. The molecule has 2 aliphatic heterocycles. The summed E-state index contributed by atoms with van der Waals surface area (Å²) in [6.07, 6.45) is 0.0727. The van der Waals surface area contributed by atoms with Crippen molar-refractivity contribution < 1.29 is 33.8 Å². The molecule has 2 aliphatic rings. The first-order chi connectivity index (χ1) is 20.0. The van der Waals surface area contributed by atoms with Gasteiger partial charge in [-0.2, -0.15) is 0 Å². The molecule has 2 saturated heterocycles. The molecular formula is C30H44Cl2N4O7. The van der Waals surface area contributed by atoms with Gasteiger partial charge in [-0.3, -0.25) is 19.3 Å². The summed E-state index contributed by atoms with van der Waals surface area (Å²) in [6, 6.07) is 2.64. The predicted molar refractivity (Wildman–Crippen MR) is 163 cm³/mol. The smallest absolute Gasteiger partial charge is 0.407 e. The van der Waals surface area contributed by atoms with Gasteiger partial charge in [-0.15, -0.1) is 0 Å². The number of carbonyl (C=O) groups excluding carboxylic acids is 4. The van der Waals surface area contributed by atoms with Crippen LogP contribution in [0.1, 0.15) is 72.8 Å². The monoisotopic (exact) mass is 642 g/mol. The molecule has 1 aromatic carbocycles. The number of fused-ring (bicyclic) bond motifs is 1. The molecule has 13 heteroatoms. The van der Waals surface area contributed by atoms with Crippen LogP contribution in [0.4, 0.5) is 4.79 Å². The normalized spacial score (nSPS) is 21.9. The third-order valence-electron chi connectivity index (χ3n) is 7.18. The minimum Gasteiger partial charge on any atom is -0.460 e. The van der Waals surface area contributed by atoms with Gasteiger partial charge in [0.05, 0.1) is 22.7 Å². The Morgan fingerprint density at radius 2 is 1.74 bits per heavy atom. The largest absolute Gasteiger partial charge is 0.460 e. The number of benzene rings is 1. The van der Waals surface area contributed by atoms with Crippen LogP contribution in [0.25, 0.3) is 0 Å². The minimum atomic E-state index is -0.972. The Hall–Kier alpha value is -2.60. The molecular weight excluding hydrogens is 599 g/mol. The fourth-order valence-corrected chi connectivity index (χ4v) is 5.70. The summed E-state index contributed by atoms with van der Waals surface area (Å²) in [4.78, 5) is 56.2. The van der Waals surface area contributed by atoms with Gasteiger partial charge in [0.15, 0.2) is 0 Å². The second kappa shape index (κ2) is 14.5. The average molecular weight is 644 g/mol. The van der Waals surface area contributed by atoms with Gasteiger partial charge in [0, 0.05) is 38.1 Å². The Morgan fingerprint density at radius 3 is 2.35 bits per heavy atom. The molecule has 4 atom stereocenters. The van der Waals surface area contributed by atoms with Crippen molar-refractivity contribution in [2.75, 3.05) is 19.7 Å². The van der Waals surface area contributed by atoms with E-state index in [1.54, 1.807) is 59.7 Å². The van der Waals surface area contributed by atoms with Crippen molar-refractivity contribution >= 4 is 47.1 Å². The Balaban J connectivity index is 1.81. The zero-order valence-corrected chi connectivity index (χ0v) is 27.3.